The van der Waals surface area contributed by atoms with Crippen LogP contribution in [0.15, 0.2) is 40.1 Å². The first-order chi connectivity index (χ1) is 7.88. The molecule has 0 amide bonds. The Balaban J connectivity index is 4.71. The normalized spacial score (nSPS) is 13.6. The Kier molecular flexibility index (Phi) is 7.53. The molecule has 0 N–H and O–H groups in total. The number of allylic oxidation sites excluding steroid dienone is 6. The SMILES string of the molecule is CCC(N=C(C)/C=C\C=C(/C)C(C)C)=C(C)C. The second kappa shape index (κ2) is 8.05. The van der Waals surface area contributed by atoms with E-state index in [0.717, 1.165) is 12.1 Å². The second-order valence-electron chi connectivity index (χ2n) is 4.98. The van der Waals surface area contributed by atoms with E-state index in [9.17, 15) is 0 Å². The summed E-state index contributed by atoms with van der Waals surface area (Å²) in [6, 6.07) is 0. The lowest BCUT2D eigenvalue weighted by atomic mass is 10.1. The molecule has 0 radical (unpaired) electrons. The molecule has 0 heterocycles. The van der Waals surface area contributed by atoms with Gasteiger partial charge in [-0.15, -0.1) is 0 Å². The van der Waals surface area contributed by atoms with Crippen LogP contribution in [0.3, 0.4) is 0 Å². The van der Waals surface area contributed by atoms with Gasteiger partial charge in [-0.25, -0.2) is 0 Å². The van der Waals surface area contributed by atoms with Gasteiger partial charge in [-0.3, -0.25) is 4.99 Å². The fourth-order valence-corrected chi connectivity index (χ4v) is 1.33. The maximum absolute atomic E-state index is 4.62. The van der Waals surface area contributed by atoms with E-state index in [1.165, 1.54) is 16.8 Å². The number of hydrogen-bond acceptors (Lipinski definition) is 1. The van der Waals surface area contributed by atoms with Crippen molar-refractivity contribution in [3.05, 3.63) is 35.1 Å². The molecule has 96 valence electrons. The van der Waals surface area contributed by atoms with E-state index in [0.29, 0.717) is 5.92 Å². The van der Waals surface area contributed by atoms with Crippen molar-refractivity contribution in [2.24, 2.45) is 10.9 Å². The van der Waals surface area contributed by atoms with Crippen molar-refractivity contribution in [3.8, 4) is 0 Å². The summed E-state index contributed by atoms with van der Waals surface area (Å²) >= 11 is 0. The van der Waals surface area contributed by atoms with Crippen LogP contribution in [0, 0.1) is 5.92 Å². The molecule has 0 unspecified atom stereocenters. The third kappa shape index (κ3) is 6.93. The molecule has 0 fully saturated rings. The Bertz CT molecular complexity index is 348. The van der Waals surface area contributed by atoms with E-state index < -0.39 is 0 Å². The van der Waals surface area contributed by atoms with Crippen molar-refractivity contribution in [2.45, 2.75) is 54.9 Å². The molecule has 0 aliphatic heterocycles. The van der Waals surface area contributed by atoms with Crippen LogP contribution in [-0.2, 0) is 0 Å². The van der Waals surface area contributed by atoms with Crippen LogP contribution < -0.4 is 0 Å². The Morgan fingerprint density at radius 1 is 1.12 bits per heavy atom. The molecule has 0 aromatic carbocycles. The average Bonchev–Trinajstić information content (AvgIpc) is 2.25. The van der Waals surface area contributed by atoms with Gasteiger partial charge in [0.25, 0.3) is 0 Å². The van der Waals surface area contributed by atoms with Gasteiger partial charge in [0, 0.05) is 11.4 Å². The summed E-state index contributed by atoms with van der Waals surface area (Å²) in [4.78, 5) is 4.62. The summed E-state index contributed by atoms with van der Waals surface area (Å²) in [5.41, 5.74) is 4.95. The van der Waals surface area contributed by atoms with Crippen molar-refractivity contribution in [2.75, 3.05) is 0 Å². The van der Waals surface area contributed by atoms with Gasteiger partial charge in [0.15, 0.2) is 0 Å². The maximum Gasteiger partial charge on any atom is 0.0390 e. The van der Waals surface area contributed by atoms with Gasteiger partial charge < -0.3 is 0 Å². The van der Waals surface area contributed by atoms with Gasteiger partial charge in [0.05, 0.1) is 0 Å². The van der Waals surface area contributed by atoms with Crippen molar-refractivity contribution < 1.29 is 0 Å². The highest BCUT2D eigenvalue weighted by molar-refractivity contribution is 5.93. The van der Waals surface area contributed by atoms with Gasteiger partial charge in [0.1, 0.15) is 0 Å². The summed E-state index contributed by atoms with van der Waals surface area (Å²) in [6.45, 7) is 15.0. The molecule has 0 atom stereocenters. The predicted octanol–water partition coefficient (Wildman–Crippen LogP) is 5.31. The quantitative estimate of drug-likeness (QED) is 0.451. The van der Waals surface area contributed by atoms with Crippen LogP contribution in [0.4, 0.5) is 0 Å². The number of hydrogen-bond donors (Lipinski definition) is 0. The molecule has 0 saturated heterocycles. The van der Waals surface area contributed by atoms with Crippen molar-refractivity contribution >= 4 is 5.71 Å². The predicted molar refractivity (Wildman–Crippen MR) is 79.5 cm³/mol. The molecule has 0 aromatic heterocycles. The summed E-state index contributed by atoms with van der Waals surface area (Å²) in [5.74, 6) is 0.612. The zero-order chi connectivity index (χ0) is 13.4. The van der Waals surface area contributed by atoms with Gasteiger partial charge in [-0.05, 0) is 46.1 Å². The summed E-state index contributed by atoms with van der Waals surface area (Å²) in [5, 5.41) is 0. The lowest BCUT2D eigenvalue weighted by Crippen LogP contribution is -1.90. The van der Waals surface area contributed by atoms with Crippen LogP contribution in [0.1, 0.15) is 54.9 Å². The molecule has 0 spiro atoms. The Labute approximate surface area is 107 Å². The molecule has 0 aliphatic rings. The summed E-state index contributed by atoms with van der Waals surface area (Å²) in [6.07, 6.45) is 7.32. The van der Waals surface area contributed by atoms with Crippen molar-refractivity contribution in [1.29, 1.82) is 0 Å². The van der Waals surface area contributed by atoms with Crippen LogP contribution >= 0.6 is 0 Å². The Morgan fingerprint density at radius 2 is 1.71 bits per heavy atom. The minimum Gasteiger partial charge on any atom is -0.258 e. The third-order valence-electron chi connectivity index (χ3n) is 2.83. The standard InChI is InChI=1S/C16H27N/c1-8-16(13(4)5)17-15(7)11-9-10-14(6)12(2)3/h9-12H,8H2,1-7H3/b11-9-,14-10+,17-15?. The van der Waals surface area contributed by atoms with Crippen LogP contribution in [0.5, 0.6) is 0 Å². The molecule has 0 aromatic rings. The van der Waals surface area contributed by atoms with Gasteiger partial charge in [-0.1, -0.05) is 44.1 Å². The average molecular weight is 233 g/mol. The van der Waals surface area contributed by atoms with Gasteiger partial charge in [-0.2, -0.15) is 0 Å². The molecule has 0 saturated carbocycles. The molecular formula is C16H27N. The van der Waals surface area contributed by atoms with Gasteiger partial charge in [0.2, 0.25) is 0 Å². The summed E-state index contributed by atoms with van der Waals surface area (Å²) < 4.78 is 0. The first-order valence-corrected chi connectivity index (χ1v) is 6.45. The number of rotatable bonds is 5. The molecule has 1 heteroatoms. The highest BCUT2D eigenvalue weighted by atomic mass is 14.7. The largest absolute Gasteiger partial charge is 0.258 e. The molecular weight excluding hydrogens is 206 g/mol. The van der Waals surface area contributed by atoms with E-state index in [2.05, 4.69) is 64.8 Å². The monoisotopic (exact) mass is 233 g/mol. The van der Waals surface area contributed by atoms with Crippen molar-refractivity contribution in [3.63, 3.8) is 0 Å². The first kappa shape index (κ1) is 15.9. The highest BCUT2D eigenvalue weighted by Crippen LogP contribution is 2.10. The lowest BCUT2D eigenvalue weighted by Gasteiger charge is -2.02. The first-order valence-electron chi connectivity index (χ1n) is 6.45. The minimum absolute atomic E-state index is 0.612. The molecule has 1 nitrogen and oxygen atoms in total. The maximum atomic E-state index is 4.62. The zero-order valence-electron chi connectivity index (χ0n) is 12.5. The van der Waals surface area contributed by atoms with E-state index in [1.807, 2.05) is 6.92 Å². The molecule has 0 rings (SSSR count). The lowest BCUT2D eigenvalue weighted by molar-refractivity contribution is 0.769. The Morgan fingerprint density at radius 3 is 2.12 bits per heavy atom. The van der Waals surface area contributed by atoms with Gasteiger partial charge >= 0.3 is 0 Å². The van der Waals surface area contributed by atoms with E-state index in [-0.39, 0.29) is 0 Å². The van der Waals surface area contributed by atoms with Crippen LogP contribution in [0.25, 0.3) is 0 Å². The second-order valence-corrected chi connectivity index (χ2v) is 4.98. The molecule has 0 aliphatic carbocycles. The zero-order valence-corrected chi connectivity index (χ0v) is 12.5. The van der Waals surface area contributed by atoms with E-state index in [1.54, 1.807) is 0 Å². The van der Waals surface area contributed by atoms with Crippen molar-refractivity contribution in [1.82, 2.24) is 0 Å². The number of aliphatic imine (C=N–C) groups is 1. The van der Waals surface area contributed by atoms with Crippen LogP contribution in [0.2, 0.25) is 0 Å². The third-order valence-corrected chi connectivity index (χ3v) is 2.83. The topological polar surface area (TPSA) is 12.4 Å². The molecule has 17 heavy (non-hydrogen) atoms. The minimum atomic E-state index is 0.612. The smallest absolute Gasteiger partial charge is 0.0390 e. The summed E-state index contributed by atoms with van der Waals surface area (Å²) in [7, 11) is 0. The van der Waals surface area contributed by atoms with Crippen LogP contribution in [-0.4, -0.2) is 5.71 Å². The highest BCUT2D eigenvalue weighted by Gasteiger charge is 1.95. The fraction of sp³-hybridized carbons (Fsp3) is 0.562. The Hall–Kier alpha value is -1.11. The molecule has 0 bridgehead atoms. The van der Waals surface area contributed by atoms with E-state index in [4.69, 9.17) is 0 Å². The number of nitrogens with zero attached hydrogens (tertiary/aromatic N) is 1. The fourth-order valence-electron chi connectivity index (χ4n) is 1.33. The van der Waals surface area contributed by atoms with E-state index >= 15 is 0 Å².